The van der Waals surface area contributed by atoms with Crippen LogP contribution in [0.25, 0.3) is 0 Å². The van der Waals surface area contributed by atoms with E-state index in [0.29, 0.717) is 25.8 Å². The molecule has 1 aliphatic carbocycles. The molecule has 1 fully saturated rings. The van der Waals surface area contributed by atoms with Crippen LogP contribution in [0, 0.1) is 11.8 Å². The van der Waals surface area contributed by atoms with E-state index < -0.39 is 24.3 Å². The molecule has 0 radical (unpaired) electrons. The number of alkyl carbamates (subject to hydrolysis) is 1. The zero-order valence-electron chi connectivity index (χ0n) is 15.8. The Hall–Kier alpha value is -1.90. The molecule has 0 saturated heterocycles. The number of unbranched alkanes of at least 4 members (excludes halogenated alkanes) is 1. The number of aliphatic hydroxyl groups is 2. The Kier molecular flexibility index (Phi) is 9.46. The zero-order valence-corrected chi connectivity index (χ0v) is 16.6. The van der Waals surface area contributed by atoms with Crippen molar-refractivity contribution in [1.29, 1.82) is 0 Å². The highest BCUT2D eigenvalue weighted by Gasteiger charge is 2.41. The first kappa shape index (κ1) is 22.4. The number of carbonyl (C=O) groups excluding carboxylic acids is 1. The smallest absolute Gasteiger partial charge is 0.407 e. The summed E-state index contributed by atoms with van der Waals surface area (Å²) in [7, 11) is 0. The van der Waals surface area contributed by atoms with Crippen molar-refractivity contribution in [1.82, 2.24) is 5.32 Å². The molecule has 4 atom stereocenters. The van der Waals surface area contributed by atoms with Crippen LogP contribution in [0.5, 0.6) is 0 Å². The van der Waals surface area contributed by atoms with Gasteiger partial charge in [0.1, 0.15) is 0 Å². The molecule has 0 spiro atoms. The molecule has 1 heterocycles. The number of hydrogen-bond acceptors (Lipinski definition) is 6. The van der Waals surface area contributed by atoms with Crippen LogP contribution in [0.2, 0.25) is 0 Å². The van der Waals surface area contributed by atoms with Crippen molar-refractivity contribution in [2.75, 3.05) is 13.2 Å². The van der Waals surface area contributed by atoms with E-state index in [9.17, 15) is 19.8 Å². The molecule has 7 nitrogen and oxygen atoms in total. The van der Waals surface area contributed by atoms with E-state index in [-0.39, 0.29) is 31.3 Å². The lowest BCUT2D eigenvalue weighted by atomic mass is 9.91. The Morgan fingerprint density at radius 3 is 2.75 bits per heavy atom. The fourth-order valence-corrected chi connectivity index (χ4v) is 4.15. The standard InChI is InChI=1S/C20H29NO6S/c22-17-12-18(23)16(15(17)7-3-1-2-4-8-19(24)25)13-27-20(26)21-10-9-14-6-5-11-28-14/h1,3,5-6,11,15-18,22-23H,2,4,7-10,12-13H2,(H,21,26)(H,24,25)/b3-1+. The number of rotatable bonds is 11. The van der Waals surface area contributed by atoms with E-state index in [1.54, 1.807) is 11.3 Å². The second-order valence-corrected chi connectivity index (χ2v) is 8.08. The lowest BCUT2D eigenvalue weighted by Gasteiger charge is -2.22. The van der Waals surface area contributed by atoms with Gasteiger partial charge in [0.25, 0.3) is 0 Å². The summed E-state index contributed by atoms with van der Waals surface area (Å²) < 4.78 is 5.26. The molecule has 28 heavy (non-hydrogen) atoms. The third kappa shape index (κ3) is 7.61. The lowest BCUT2D eigenvalue weighted by Crippen LogP contribution is -2.32. The quantitative estimate of drug-likeness (QED) is 0.329. The molecule has 0 bridgehead atoms. The first-order valence-corrected chi connectivity index (χ1v) is 10.5. The highest BCUT2D eigenvalue weighted by Crippen LogP contribution is 2.35. The van der Waals surface area contributed by atoms with Gasteiger partial charge in [-0.3, -0.25) is 4.79 Å². The van der Waals surface area contributed by atoms with Gasteiger partial charge in [0, 0.05) is 23.8 Å². The topological polar surface area (TPSA) is 116 Å². The van der Waals surface area contributed by atoms with E-state index in [4.69, 9.17) is 9.84 Å². The zero-order chi connectivity index (χ0) is 20.4. The van der Waals surface area contributed by atoms with Gasteiger partial charge in [-0.2, -0.15) is 0 Å². The van der Waals surface area contributed by atoms with Crippen molar-refractivity contribution in [3.05, 3.63) is 34.5 Å². The van der Waals surface area contributed by atoms with Crippen molar-refractivity contribution in [3.63, 3.8) is 0 Å². The second-order valence-electron chi connectivity index (χ2n) is 7.05. The van der Waals surface area contributed by atoms with Crippen molar-refractivity contribution >= 4 is 23.4 Å². The van der Waals surface area contributed by atoms with Crippen LogP contribution in [0.15, 0.2) is 29.7 Å². The van der Waals surface area contributed by atoms with Gasteiger partial charge in [-0.25, -0.2) is 4.79 Å². The van der Waals surface area contributed by atoms with Crippen molar-refractivity contribution in [2.24, 2.45) is 11.8 Å². The largest absolute Gasteiger partial charge is 0.481 e. The number of thiophene rings is 1. The number of carboxylic acids is 1. The number of carbonyl (C=O) groups is 2. The Morgan fingerprint density at radius 2 is 2.04 bits per heavy atom. The number of nitrogens with one attached hydrogen (secondary N) is 1. The van der Waals surface area contributed by atoms with Gasteiger partial charge in [-0.15, -0.1) is 11.3 Å². The van der Waals surface area contributed by atoms with E-state index >= 15 is 0 Å². The minimum atomic E-state index is -0.811. The Labute approximate surface area is 169 Å². The molecule has 1 aromatic heterocycles. The van der Waals surface area contributed by atoms with Crippen molar-refractivity contribution < 1.29 is 29.6 Å². The molecule has 2 rings (SSSR count). The monoisotopic (exact) mass is 411 g/mol. The molecular weight excluding hydrogens is 382 g/mol. The summed E-state index contributed by atoms with van der Waals surface area (Å²) in [6.45, 7) is 0.540. The number of hydrogen-bond donors (Lipinski definition) is 4. The SMILES string of the molecule is O=C(O)CCC/C=C/CC1C(O)CC(O)C1COC(=O)NCCc1cccs1. The van der Waals surface area contributed by atoms with Crippen LogP contribution < -0.4 is 5.32 Å². The fraction of sp³-hybridized carbons (Fsp3) is 0.600. The van der Waals surface area contributed by atoms with E-state index in [2.05, 4.69) is 5.32 Å². The van der Waals surface area contributed by atoms with Gasteiger partial charge in [-0.05, 0) is 49.5 Å². The highest BCUT2D eigenvalue weighted by molar-refractivity contribution is 7.09. The van der Waals surface area contributed by atoms with E-state index in [1.807, 2.05) is 29.7 Å². The van der Waals surface area contributed by atoms with Crippen LogP contribution in [0.3, 0.4) is 0 Å². The summed E-state index contributed by atoms with van der Waals surface area (Å²) in [6, 6.07) is 3.97. The summed E-state index contributed by atoms with van der Waals surface area (Å²) in [5, 5.41) is 33.7. The van der Waals surface area contributed by atoms with Crippen LogP contribution in [0.4, 0.5) is 4.79 Å². The molecule has 1 aromatic rings. The highest BCUT2D eigenvalue weighted by atomic mass is 32.1. The summed E-state index contributed by atoms with van der Waals surface area (Å²) in [5.74, 6) is -1.32. The summed E-state index contributed by atoms with van der Waals surface area (Å²) in [5.41, 5.74) is 0. The maximum Gasteiger partial charge on any atom is 0.407 e. The predicted molar refractivity (Wildman–Crippen MR) is 106 cm³/mol. The van der Waals surface area contributed by atoms with Crippen molar-refractivity contribution in [3.8, 4) is 0 Å². The maximum absolute atomic E-state index is 11.9. The van der Waals surface area contributed by atoms with Gasteiger partial charge >= 0.3 is 12.1 Å². The van der Waals surface area contributed by atoms with Crippen molar-refractivity contribution in [2.45, 2.75) is 50.7 Å². The second kappa shape index (κ2) is 11.8. The van der Waals surface area contributed by atoms with Crippen LogP contribution in [-0.2, 0) is 16.0 Å². The minimum absolute atomic E-state index is 0.0561. The summed E-state index contributed by atoms with van der Waals surface area (Å²) >= 11 is 1.63. The lowest BCUT2D eigenvalue weighted by molar-refractivity contribution is -0.137. The average molecular weight is 412 g/mol. The number of aliphatic hydroxyl groups excluding tert-OH is 2. The van der Waals surface area contributed by atoms with Gasteiger partial charge in [0.15, 0.2) is 0 Å². The van der Waals surface area contributed by atoms with Gasteiger partial charge in [0.05, 0.1) is 18.8 Å². The van der Waals surface area contributed by atoms with Gasteiger partial charge < -0.3 is 25.4 Å². The van der Waals surface area contributed by atoms with E-state index in [1.165, 1.54) is 4.88 Å². The average Bonchev–Trinajstić information content (AvgIpc) is 3.24. The Morgan fingerprint density at radius 1 is 1.25 bits per heavy atom. The van der Waals surface area contributed by atoms with E-state index in [0.717, 1.165) is 6.42 Å². The maximum atomic E-state index is 11.9. The molecule has 4 N–H and O–H groups in total. The summed E-state index contributed by atoms with van der Waals surface area (Å²) in [4.78, 5) is 23.5. The molecule has 0 aromatic carbocycles. The number of aliphatic carboxylic acids is 1. The molecule has 1 saturated carbocycles. The molecule has 156 valence electrons. The first-order chi connectivity index (χ1) is 13.5. The van der Waals surface area contributed by atoms with Crippen LogP contribution in [-0.4, -0.2) is 52.7 Å². The number of carboxylic acid groups (broad SMARTS) is 1. The molecular formula is C20H29NO6S. The molecule has 0 aliphatic heterocycles. The fourth-order valence-electron chi connectivity index (χ4n) is 3.44. The summed E-state index contributed by atoms with van der Waals surface area (Å²) in [6.07, 6.45) is 4.86. The number of allylic oxidation sites excluding steroid dienone is 2. The molecule has 4 unspecified atom stereocenters. The third-order valence-electron chi connectivity index (χ3n) is 4.99. The third-order valence-corrected chi connectivity index (χ3v) is 5.92. The van der Waals surface area contributed by atoms with Crippen LogP contribution >= 0.6 is 11.3 Å². The van der Waals surface area contributed by atoms with Gasteiger partial charge in [-0.1, -0.05) is 18.2 Å². The number of ether oxygens (including phenoxy) is 1. The Balaban J connectivity index is 1.70. The van der Waals surface area contributed by atoms with Gasteiger partial charge in [0.2, 0.25) is 0 Å². The normalized spacial score (nSPS) is 24.5. The molecule has 1 amide bonds. The predicted octanol–water partition coefficient (Wildman–Crippen LogP) is 2.58. The minimum Gasteiger partial charge on any atom is -0.481 e. The van der Waals surface area contributed by atoms with Crippen LogP contribution in [0.1, 0.15) is 37.0 Å². The Bertz CT molecular complexity index is 633. The molecule has 1 aliphatic rings. The molecule has 8 heteroatoms. The first-order valence-electron chi connectivity index (χ1n) is 9.63. The number of amides is 1.